The summed E-state index contributed by atoms with van der Waals surface area (Å²) in [5, 5.41) is 13.0. The van der Waals surface area contributed by atoms with Crippen molar-refractivity contribution in [1.29, 1.82) is 0 Å². The van der Waals surface area contributed by atoms with E-state index in [9.17, 15) is 4.79 Å². The Kier molecular flexibility index (Phi) is 2.97. The minimum atomic E-state index is -0.948. The van der Waals surface area contributed by atoms with E-state index in [0.29, 0.717) is 0 Å². The van der Waals surface area contributed by atoms with Crippen molar-refractivity contribution in [1.82, 2.24) is 9.78 Å². The van der Waals surface area contributed by atoms with Crippen LogP contribution in [0.1, 0.15) is 35.9 Å². The Morgan fingerprint density at radius 1 is 1.56 bits per heavy atom. The van der Waals surface area contributed by atoms with Crippen molar-refractivity contribution in [3.05, 3.63) is 17.5 Å². The molecule has 1 aliphatic heterocycles. The molecule has 0 saturated carbocycles. The third-order valence-electron chi connectivity index (χ3n) is 3.31. The lowest BCUT2D eigenvalue weighted by Crippen LogP contribution is -2.29. The van der Waals surface area contributed by atoms with Gasteiger partial charge >= 0.3 is 5.97 Å². The zero-order chi connectivity index (χ0) is 11.8. The summed E-state index contributed by atoms with van der Waals surface area (Å²) in [5.41, 5.74) is 1.28. The Hall–Kier alpha value is -0.970. The SMILES string of the molecule is Cn1nc(C(=O)O)cc1C1(C)CCSCC1. The highest BCUT2D eigenvalue weighted by Gasteiger charge is 2.32. The Labute approximate surface area is 99.0 Å². The molecule has 2 heterocycles. The molecule has 88 valence electrons. The number of carboxylic acid groups (broad SMARTS) is 1. The second-order valence-corrected chi connectivity index (χ2v) is 5.74. The van der Waals surface area contributed by atoms with Crippen molar-refractivity contribution >= 4 is 17.7 Å². The van der Waals surface area contributed by atoms with Gasteiger partial charge in [0.05, 0.1) is 0 Å². The normalized spacial score (nSPS) is 19.6. The molecule has 0 aromatic carbocycles. The summed E-state index contributed by atoms with van der Waals surface area (Å²) < 4.78 is 1.72. The summed E-state index contributed by atoms with van der Waals surface area (Å²) in [5.74, 6) is 1.34. The Morgan fingerprint density at radius 2 is 2.19 bits per heavy atom. The van der Waals surface area contributed by atoms with Gasteiger partial charge in [-0.3, -0.25) is 4.68 Å². The van der Waals surface area contributed by atoms with Gasteiger partial charge in [-0.05, 0) is 30.4 Å². The number of thioether (sulfide) groups is 1. The number of hydrogen-bond acceptors (Lipinski definition) is 3. The first kappa shape index (κ1) is 11.5. The van der Waals surface area contributed by atoms with Gasteiger partial charge in [0.1, 0.15) is 0 Å². The first-order chi connectivity index (χ1) is 7.53. The highest BCUT2D eigenvalue weighted by molar-refractivity contribution is 7.99. The van der Waals surface area contributed by atoms with Crippen molar-refractivity contribution in [2.24, 2.45) is 7.05 Å². The van der Waals surface area contributed by atoms with E-state index in [1.165, 1.54) is 0 Å². The molecule has 2 rings (SSSR count). The summed E-state index contributed by atoms with van der Waals surface area (Å²) in [4.78, 5) is 10.9. The molecule has 1 N–H and O–H groups in total. The van der Waals surface area contributed by atoms with Crippen LogP contribution in [-0.2, 0) is 12.5 Å². The van der Waals surface area contributed by atoms with Gasteiger partial charge in [0.25, 0.3) is 0 Å². The molecule has 1 fully saturated rings. The molecule has 0 atom stereocenters. The molecule has 1 aliphatic rings. The molecule has 0 unspecified atom stereocenters. The highest BCUT2D eigenvalue weighted by Crippen LogP contribution is 2.37. The molecule has 0 bridgehead atoms. The third-order valence-corrected chi connectivity index (χ3v) is 4.30. The van der Waals surface area contributed by atoms with Crippen LogP contribution >= 0.6 is 11.8 Å². The van der Waals surface area contributed by atoms with Crippen LogP contribution in [0.2, 0.25) is 0 Å². The van der Waals surface area contributed by atoms with Gasteiger partial charge in [0.15, 0.2) is 5.69 Å². The van der Waals surface area contributed by atoms with Crippen molar-refractivity contribution in [2.45, 2.75) is 25.2 Å². The van der Waals surface area contributed by atoms with Gasteiger partial charge in [-0.1, -0.05) is 6.92 Å². The fourth-order valence-corrected chi connectivity index (χ4v) is 3.61. The van der Waals surface area contributed by atoms with Gasteiger partial charge in [0, 0.05) is 18.2 Å². The van der Waals surface area contributed by atoms with Gasteiger partial charge in [-0.15, -0.1) is 0 Å². The van der Waals surface area contributed by atoms with Crippen molar-refractivity contribution in [2.75, 3.05) is 11.5 Å². The third kappa shape index (κ3) is 1.96. The first-order valence-corrected chi connectivity index (χ1v) is 6.54. The molecular weight excluding hydrogens is 224 g/mol. The lowest BCUT2D eigenvalue weighted by molar-refractivity contribution is 0.0689. The van der Waals surface area contributed by atoms with E-state index in [4.69, 9.17) is 5.11 Å². The second kappa shape index (κ2) is 4.13. The number of aromatic carboxylic acids is 1. The average Bonchev–Trinajstić information content (AvgIpc) is 2.62. The van der Waals surface area contributed by atoms with Crippen LogP contribution in [0.5, 0.6) is 0 Å². The number of carboxylic acids is 1. The van der Waals surface area contributed by atoms with E-state index in [1.807, 2.05) is 18.8 Å². The quantitative estimate of drug-likeness (QED) is 0.858. The van der Waals surface area contributed by atoms with E-state index in [2.05, 4.69) is 12.0 Å². The summed E-state index contributed by atoms with van der Waals surface area (Å²) >= 11 is 1.96. The summed E-state index contributed by atoms with van der Waals surface area (Å²) in [6, 6.07) is 1.72. The van der Waals surface area contributed by atoms with Crippen LogP contribution < -0.4 is 0 Å². The molecular formula is C11H16N2O2S. The Balaban J connectivity index is 2.35. The molecule has 1 saturated heterocycles. The summed E-state index contributed by atoms with van der Waals surface area (Å²) in [6.45, 7) is 2.20. The number of nitrogens with zero attached hydrogens (tertiary/aromatic N) is 2. The zero-order valence-electron chi connectivity index (χ0n) is 9.56. The minimum absolute atomic E-state index is 0.0840. The monoisotopic (exact) mass is 240 g/mol. The van der Waals surface area contributed by atoms with Crippen LogP contribution in [-0.4, -0.2) is 32.4 Å². The number of hydrogen-bond donors (Lipinski definition) is 1. The fraction of sp³-hybridized carbons (Fsp3) is 0.636. The van der Waals surface area contributed by atoms with Crippen molar-refractivity contribution in [3.63, 3.8) is 0 Å². The standard InChI is InChI=1S/C11H16N2O2S/c1-11(3-5-16-6-4-11)9-7-8(10(14)15)12-13(9)2/h7H,3-6H2,1-2H3,(H,14,15). The van der Waals surface area contributed by atoms with Crippen LogP contribution in [0, 0.1) is 0 Å². The molecule has 5 heteroatoms. The van der Waals surface area contributed by atoms with Crippen molar-refractivity contribution in [3.8, 4) is 0 Å². The lowest BCUT2D eigenvalue weighted by Gasteiger charge is -2.33. The lowest BCUT2D eigenvalue weighted by atomic mass is 9.81. The molecule has 4 nitrogen and oxygen atoms in total. The molecule has 0 amide bonds. The second-order valence-electron chi connectivity index (χ2n) is 4.52. The molecule has 1 aromatic rings. The maximum Gasteiger partial charge on any atom is 0.356 e. The maximum absolute atomic E-state index is 10.9. The number of carbonyl (C=O) groups is 1. The van der Waals surface area contributed by atoms with Gasteiger partial charge in [-0.2, -0.15) is 16.9 Å². The highest BCUT2D eigenvalue weighted by atomic mass is 32.2. The topological polar surface area (TPSA) is 55.1 Å². The molecule has 1 aromatic heterocycles. The van der Waals surface area contributed by atoms with E-state index in [-0.39, 0.29) is 11.1 Å². The predicted octanol–water partition coefficient (Wildman–Crippen LogP) is 1.90. The van der Waals surface area contributed by atoms with Crippen LogP contribution in [0.15, 0.2) is 6.07 Å². The number of aromatic nitrogens is 2. The predicted molar refractivity (Wildman–Crippen MR) is 64.1 cm³/mol. The summed E-state index contributed by atoms with van der Waals surface area (Å²) in [6.07, 6.45) is 2.19. The Morgan fingerprint density at radius 3 is 2.69 bits per heavy atom. The number of rotatable bonds is 2. The average molecular weight is 240 g/mol. The van der Waals surface area contributed by atoms with Gasteiger partial charge < -0.3 is 5.11 Å². The minimum Gasteiger partial charge on any atom is -0.476 e. The largest absolute Gasteiger partial charge is 0.476 e. The van der Waals surface area contributed by atoms with E-state index in [1.54, 1.807) is 10.7 Å². The van der Waals surface area contributed by atoms with E-state index >= 15 is 0 Å². The molecule has 16 heavy (non-hydrogen) atoms. The smallest absolute Gasteiger partial charge is 0.356 e. The molecule has 0 radical (unpaired) electrons. The van der Waals surface area contributed by atoms with Crippen LogP contribution in [0.25, 0.3) is 0 Å². The number of aryl methyl sites for hydroxylation is 1. The maximum atomic E-state index is 10.9. The van der Waals surface area contributed by atoms with Gasteiger partial charge in [0.2, 0.25) is 0 Å². The summed E-state index contributed by atoms with van der Waals surface area (Å²) in [7, 11) is 1.83. The fourth-order valence-electron chi connectivity index (χ4n) is 2.21. The van der Waals surface area contributed by atoms with E-state index in [0.717, 1.165) is 30.0 Å². The van der Waals surface area contributed by atoms with Crippen molar-refractivity contribution < 1.29 is 9.90 Å². The van der Waals surface area contributed by atoms with Crippen LogP contribution in [0.4, 0.5) is 0 Å². The zero-order valence-corrected chi connectivity index (χ0v) is 10.4. The van der Waals surface area contributed by atoms with E-state index < -0.39 is 5.97 Å². The van der Waals surface area contributed by atoms with Crippen LogP contribution in [0.3, 0.4) is 0 Å². The molecule has 0 aliphatic carbocycles. The first-order valence-electron chi connectivity index (χ1n) is 5.38. The van der Waals surface area contributed by atoms with Gasteiger partial charge in [-0.25, -0.2) is 4.79 Å². The molecule has 0 spiro atoms. The Bertz CT molecular complexity index is 408.